The topological polar surface area (TPSA) is 140 Å². The Balaban J connectivity index is 0.000000146. The van der Waals surface area contributed by atoms with Crippen molar-refractivity contribution in [1.29, 1.82) is 0 Å². The van der Waals surface area contributed by atoms with Gasteiger partial charge in [0.1, 0.15) is 11.6 Å². The minimum absolute atomic E-state index is 0.0764. The van der Waals surface area contributed by atoms with E-state index < -0.39 is 31.7 Å². The lowest BCUT2D eigenvalue weighted by atomic mass is 9.49. The number of halogens is 6. The summed E-state index contributed by atoms with van der Waals surface area (Å²) in [6.07, 6.45) is 2.73. The van der Waals surface area contributed by atoms with Crippen LogP contribution in [0.3, 0.4) is 0 Å². The molecule has 424 valence electrons. The van der Waals surface area contributed by atoms with Crippen LogP contribution in [0.2, 0.25) is 0 Å². The molecule has 0 saturated carbocycles. The molecule has 10 aromatic rings. The van der Waals surface area contributed by atoms with Crippen molar-refractivity contribution in [3.8, 4) is 79.5 Å². The van der Waals surface area contributed by atoms with E-state index in [0.29, 0.717) is 49.5 Å². The van der Waals surface area contributed by atoms with Crippen LogP contribution in [0.15, 0.2) is 203 Å². The molecule has 0 N–H and O–H groups in total. The van der Waals surface area contributed by atoms with Crippen molar-refractivity contribution in [2.24, 2.45) is 0 Å². The number of rotatable bonds is 8. The summed E-state index contributed by atoms with van der Waals surface area (Å²) < 4.78 is 79.2. The molecule has 2 saturated heterocycles. The van der Waals surface area contributed by atoms with Gasteiger partial charge in [0.2, 0.25) is 11.9 Å². The molecule has 0 spiro atoms. The summed E-state index contributed by atoms with van der Waals surface area (Å²) in [7, 11) is -0.952. The van der Waals surface area contributed by atoms with Gasteiger partial charge in [0.25, 0.3) is 0 Å². The van der Waals surface area contributed by atoms with E-state index in [0.717, 1.165) is 27.8 Å². The lowest BCUT2D eigenvalue weighted by molar-refractivity contribution is 0.00578. The first-order chi connectivity index (χ1) is 40.1. The van der Waals surface area contributed by atoms with Gasteiger partial charge in [-0.3, -0.25) is 0 Å². The van der Waals surface area contributed by atoms with Crippen molar-refractivity contribution in [1.82, 2.24) is 39.9 Å². The minimum Gasteiger partial charge on any atom is -0.405 e. The summed E-state index contributed by atoms with van der Waals surface area (Å²) in [6, 6.07) is 54.0. The number of hydrogen-bond donors (Lipinski definition) is 0. The van der Waals surface area contributed by atoms with Crippen LogP contribution in [0.25, 0.3) is 79.5 Å². The van der Waals surface area contributed by atoms with Crippen LogP contribution >= 0.6 is 31.9 Å². The Bertz CT molecular complexity index is 3680. The first-order valence-corrected chi connectivity index (χ1v) is 28.2. The van der Waals surface area contributed by atoms with Gasteiger partial charge in [-0.15, -0.1) is 0 Å². The fourth-order valence-corrected chi connectivity index (χ4v) is 8.97. The molecule has 2 aliphatic heterocycles. The average Bonchev–Trinajstić information content (AvgIpc) is 4.00. The molecule has 0 bridgehead atoms. The smallest absolute Gasteiger partial charge is 0.405 e. The van der Waals surface area contributed by atoms with Crippen molar-refractivity contribution >= 4 is 45.9 Å². The van der Waals surface area contributed by atoms with E-state index in [2.05, 4.69) is 71.7 Å². The first-order valence-electron chi connectivity index (χ1n) is 26.7. The molecule has 2 fully saturated rings. The number of nitrogens with zero attached hydrogens (tertiary/aromatic N) is 8. The van der Waals surface area contributed by atoms with Crippen molar-refractivity contribution in [2.75, 3.05) is 0 Å². The van der Waals surface area contributed by atoms with Crippen molar-refractivity contribution < 1.29 is 36.2 Å². The summed E-state index contributed by atoms with van der Waals surface area (Å²) in [6.45, 7) is 16.2. The zero-order valence-corrected chi connectivity index (χ0v) is 50.3. The maximum absolute atomic E-state index is 14.6. The third kappa shape index (κ3) is 14.4. The van der Waals surface area contributed by atoms with E-state index in [1.165, 1.54) is 36.7 Å². The molecular formula is C64H56B2Br2F4N8O4. The third-order valence-corrected chi connectivity index (χ3v) is 15.5. The Labute approximate surface area is 503 Å². The standard InChI is InChI=1S/C26H16F2N4.C21H13BrFN3.C12H24B2O4.C5H3BrFN/c27-22-14-13-19(16-21(22)20-12-7-15-29-23(20)28)26-31-24(17-8-3-1-4-9-17)30-25(32-26)18-10-5-2-6-11-18;22-17-13-16(11-12-18(17)23)21-25-19(14-7-3-1-4-8-14)24-20(26-21)15-9-5-2-6-10-15;1-9(2)10(3,4)16-13(15-9)14-17-11(5,6)12(7,8)18-14;6-4-2-1-3-8-5(4)7/h1-16H;1-13H;1-8H3;1-3H. The van der Waals surface area contributed by atoms with Crippen LogP contribution in [0.1, 0.15) is 55.4 Å². The van der Waals surface area contributed by atoms with Crippen LogP contribution in [0.4, 0.5) is 17.6 Å². The van der Waals surface area contributed by atoms with E-state index in [1.807, 2.05) is 177 Å². The molecular weight excluding hydrogens is 1200 g/mol. The predicted molar refractivity (Wildman–Crippen MR) is 327 cm³/mol. The van der Waals surface area contributed by atoms with Gasteiger partial charge in [0.05, 0.1) is 31.3 Å². The largest absolute Gasteiger partial charge is 0.488 e. The maximum atomic E-state index is 14.6. The van der Waals surface area contributed by atoms with Gasteiger partial charge >= 0.3 is 14.0 Å². The molecule has 2 aliphatic rings. The van der Waals surface area contributed by atoms with Gasteiger partial charge in [-0.1, -0.05) is 121 Å². The van der Waals surface area contributed by atoms with Gasteiger partial charge in [0.15, 0.2) is 34.9 Å². The highest BCUT2D eigenvalue weighted by molar-refractivity contribution is 9.10. The summed E-state index contributed by atoms with van der Waals surface area (Å²) in [5.74, 6) is 0.921. The molecule has 0 atom stereocenters. The molecule has 12 rings (SSSR count). The summed E-state index contributed by atoms with van der Waals surface area (Å²) >= 11 is 6.18. The van der Waals surface area contributed by atoms with Gasteiger partial charge in [0, 0.05) is 56.9 Å². The summed E-state index contributed by atoms with van der Waals surface area (Å²) in [5, 5.41) is 0. The lowest BCUT2D eigenvalue weighted by Crippen LogP contribution is -2.41. The van der Waals surface area contributed by atoms with E-state index >= 15 is 0 Å². The fourth-order valence-electron chi connectivity index (χ4n) is 8.33. The zero-order chi connectivity index (χ0) is 59.8. The van der Waals surface area contributed by atoms with Crippen LogP contribution in [0.5, 0.6) is 0 Å². The number of pyridine rings is 2. The van der Waals surface area contributed by atoms with E-state index in [9.17, 15) is 17.6 Å². The lowest BCUT2D eigenvalue weighted by Gasteiger charge is -2.32. The highest BCUT2D eigenvalue weighted by Crippen LogP contribution is 2.43. The van der Waals surface area contributed by atoms with Crippen LogP contribution in [-0.2, 0) is 18.6 Å². The van der Waals surface area contributed by atoms with E-state index in [-0.39, 0.29) is 39.3 Å². The van der Waals surface area contributed by atoms with Gasteiger partial charge in [-0.2, -0.15) is 8.78 Å². The second-order valence-corrected chi connectivity index (χ2v) is 23.0. The number of aromatic nitrogens is 8. The summed E-state index contributed by atoms with van der Waals surface area (Å²) in [5.41, 5.74) is 3.44. The van der Waals surface area contributed by atoms with Gasteiger partial charge in [-0.05, 0) is 148 Å². The molecule has 0 unspecified atom stereocenters. The normalized spacial score (nSPS) is 15.2. The molecule has 0 amide bonds. The van der Waals surface area contributed by atoms with Crippen molar-refractivity contribution in [3.05, 3.63) is 227 Å². The molecule has 6 heterocycles. The Morgan fingerprint density at radius 2 is 0.643 bits per heavy atom. The second-order valence-electron chi connectivity index (χ2n) is 21.3. The minimum atomic E-state index is -0.742. The quantitative estimate of drug-likeness (QED) is 0.0812. The number of hydrogen-bond acceptors (Lipinski definition) is 12. The number of benzene rings is 6. The first kappa shape index (κ1) is 60.9. The fraction of sp³-hybridized carbons (Fsp3) is 0.188. The van der Waals surface area contributed by atoms with E-state index in [1.54, 1.807) is 36.4 Å². The SMILES string of the molecule is CC1(C)OB(B2OC(C)(C)C(C)(C)O2)OC1(C)C.Fc1ccc(-c2nc(-c3ccccc3)nc(-c3ccccc3)n2)cc1-c1cccnc1F.Fc1ccc(-c2nc(-c3ccccc3)nc(-c3ccccc3)n2)cc1Br.Fc1ncccc1Br. The monoisotopic (exact) mass is 1260 g/mol. The average molecular weight is 1260 g/mol. The Kier molecular flexibility index (Phi) is 18.9. The molecule has 12 nitrogen and oxygen atoms in total. The van der Waals surface area contributed by atoms with Crippen LogP contribution in [-0.4, -0.2) is 76.3 Å². The maximum Gasteiger partial charge on any atom is 0.488 e. The van der Waals surface area contributed by atoms with Crippen LogP contribution < -0.4 is 0 Å². The molecule has 0 radical (unpaired) electrons. The second kappa shape index (κ2) is 26.1. The van der Waals surface area contributed by atoms with Crippen molar-refractivity contribution in [2.45, 2.75) is 77.8 Å². The Morgan fingerprint density at radius 3 is 0.964 bits per heavy atom. The van der Waals surface area contributed by atoms with E-state index in [4.69, 9.17) is 18.6 Å². The molecule has 20 heteroatoms. The third-order valence-electron chi connectivity index (χ3n) is 14.3. The summed E-state index contributed by atoms with van der Waals surface area (Å²) in [4.78, 5) is 34.7. The van der Waals surface area contributed by atoms with Gasteiger partial charge in [-0.25, -0.2) is 48.7 Å². The van der Waals surface area contributed by atoms with Gasteiger partial charge < -0.3 is 18.6 Å². The highest BCUT2D eigenvalue weighted by atomic mass is 79.9. The Morgan fingerprint density at radius 1 is 0.321 bits per heavy atom. The predicted octanol–water partition coefficient (Wildman–Crippen LogP) is 16.2. The molecule has 84 heavy (non-hydrogen) atoms. The molecule has 4 aromatic heterocycles. The van der Waals surface area contributed by atoms with Crippen molar-refractivity contribution in [3.63, 3.8) is 0 Å². The zero-order valence-electron chi connectivity index (χ0n) is 47.1. The van der Waals surface area contributed by atoms with Crippen LogP contribution in [0, 0.1) is 23.5 Å². The molecule has 0 aliphatic carbocycles. The molecule has 6 aromatic carbocycles. The highest BCUT2D eigenvalue weighted by Gasteiger charge is 2.63. The Hall–Kier alpha value is -7.71.